The number of hydrogen-bond acceptors (Lipinski definition) is 2. The first-order valence-electron chi connectivity index (χ1n) is 8.40. The molecule has 2 nitrogen and oxygen atoms in total. The van der Waals surface area contributed by atoms with Gasteiger partial charge < -0.3 is 5.11 Å². The van der Waals surface area contributed by atoms with Crippen LogP contribution in [0.5, 0.6) is 0 Å². The van der Waals surface area contributed by atoms with E-state index in [-0.39, 0.29) is 6.10 Å². The monoisotopic (exact) mass is 293 g/mol. The van der Waals surface area contributed by atoms with Gasteiger partial charge in [-0.1, -0.05) is 44.8 Å². The van der Waals surface area contributed by atoms with Gasteiger partial charge in [-0.05, 0) is 37.5 Å². The Morgan fingerprint density at radius 2 is 1.90 bits per heavy atom. The van der Waals surface area contributed by atoms with E-state index in [1.54, 1.807) is 0 Å². The molecule has 0 aromatic carbocycles. The molecule has 3 rings (SSSR count). The number of nitrogens with zero attached hydrogens (tertiary/aromatic N) is 1. The zero-order chi connectivity index (χ0) is 14.7. The van der Waals surface area contributed by atoms with Crippen LogP contribution >= 0.6 is 0 Å². The van der Waals surface area contributed by atoms with Crippen LogP contribution in [0.25, 0.3) is 0 Å². The molecule has 3 heterocycles. The first-order valence-corrected chi connectivity index (χ1v) is 12.1. The van der Waals surface area contributed by atoms with Crippen LogP contribution < -0.4 is 0 Å². The highest BCUT2D eigenvalue weighted by atomic mass is 28.3. The normalized spacial score (nSPS) is 45.5. The van der Waals surface area contributed by atoms with Crippen LogP contribution in [0.15, 0.2) is 12.2 Å². The molecule has 6 atom stereocenters. The summed E-state index contributed by atoms with van der Waals surface area (Å²) in [5.74, 6) is 0.925. The number of aliphatic hydroxyl groups excluding tert-OH is 1. The smallest absolute Gasteiger partial charge is 0.0621 e. The maximum atomic E-state index is 10.9. The molecule has 0 spiro atoms. The molecule has 0 aliphatic carbocycles. The minimum Gasteiger partial charge on any atom is -0.392 e. The molecule has 3 saturated heterocycles. The van der Waals surface area contributed by atoms with Crippen LogP contribution in [-0.4, -0.2) is 42.3 Å². The lowest BCUT2D eigenvalue weighted by molar-refractivity contribution is -0.0861. The number of rotatable bonds is 2. The summed E-state index contributed by atoms with van der Waals surface area (Å²) in [5.41, 5.74) is 1.43. The third-order valence-electron chi connectivity index (χ3n) is 5.93. The molecular formula is C17H31NOSi. The van der Waals surface area contributed by atoms with E-state index in [1.165, 1.54) is 30.9 Å². The van der Waals surface area contributed by atoms with Crippen molar-refractivity contribution in [2.45, 2.75) is 82.5 Å². The molecule has 3 aliphatic rings. The van der Waals surface area contributed by atoms with Gasteiger partial charge in [0.1, 0.15) is 0 Å². The van der Waals surface area contributed by atoms with Gasteiger partial charge in [0.05, 0.1) is 6.10 Å². The van der Waals surface area contributed by atoms with Crippen molar-refractivity contribution >= 4 is 8.07 Å². The summed E-state index contributed by atoms with van der Waals surface area (Å²) in [7, 11) is -1.15. The van der Waals surface area contributed by atoms with E-state index >= 15 is 0 Å². The fourth-order valence-corrected chi connectivity index (χ4v) is 7.12. The Bertz CT molecular complexity index is 402. The van der Waals surface area contributed by atoms with E-state index < -0.39 is 8.07 Å². The molecule has 0 radical (unpaired) electrons. The van der Waals surface area contributed by atoms with E-state index in [0.29, 0.717) is 23.9 Å². The summed E-state index contributed by atoms with van der Waals surface area (Å²) in [5, 5.41) is 10.9. The number of piperidine rings is 2. The van der Waals surface area contributed by atoms with Gasteiger partial charge in [-0.15, -0.1) is 0 Å². The molecule has 20 heavy (non-hydrogen) atoms. The Kier molecular flexibility index (Phi) is 3.67. The van der Waals surface area contributed by atoms with Gasteiger partial charge in [0.25, 0.3) is 0 Å². The van der Waals surface area contributed by atoms with Gasteiger partial charge in [-0.25, -0.2) is 0 Å². The van der Waals surface area contributed by atoms with Crippen LogP contribution in [0.4, 0.5) is 0 Å². The summed E-state index contributed by atoms with van der Waals surface area (Å²) < 4.78 is 0. The van der Waals surface area contributed by atoms with Gasteiger partial charge in [0.2, 0.25) is 0 Å². The predicted octanol–water partition coefficient (Wildman–Crippen LogP) is 3.50. The summed E-state index contributed by atoms with van der Waals surface area (Å²) in [4.78, 5) is 2.82. The second kappa shape index (κ2) is 4.96. The Hall–Kier alpha value is -0.123. The van der Waals surface area contributed by atoms with Crippen molar-refractivity contribution in [3.63, 3.8) is 0 Å². The van der Waals surface area contributed by atoms with Crippen LogP contribution in [0.2, 0.25) is 25.7 Å². The van der Waals surface area contributed by atoms with Crippen molar-refractivity contribution in [3.8, 4) is 0 Å². The molecule has 0 aromatic rings. The maximum absolute atomic E-state index is 10.9. The van der Waals surface area contributed by atoms with Crippen LogP contribution in [0.1, 0.15) is 32.6 Å². The molecule has 3 aliphatic heterocycles. The SMILES string of the molecule is C=C1CC2CCC3C(C)C(O)C(C[Si](C)(C)C)C(C1)N23. The average Bonchev–Trinajstić information content (AvgIpc) is 2.74. The summed E-state index contributed by atoms with van der Waals surface area (Å²) in [6, 6.07) is 3.19. The number of aliphatic hydroxyl groups is 1. The Labute approximate surface area is 125 Å². The van der Waals surface area contributed by atoms with Crippen molar-refractivity contribution in [2.24, 2.45) is 11.8 Å². The minimum absolute atomic E-state index is 0.0994. The predicted molar refractivity (Wildman–Crippen MR) is 87.6 cm³/mol. The third-order valence-corrected chi connectivity index (χ3v) is 7.63. The first-order chi connectivity index (χ1) is 9.28. The number of hydrogen-bond donors (Lipinski definition) is 1. The summed E-state index contributed by atoms with van der Waals surface area (Å²) >= 11 is 0. The van der Waals surface area contributed by atoms with E-state index in [0.717, 1.165) is 12.5 Å². The van der Waals surface area contributed by atoms with Gasteiger partial charge >= 0.3 is 0 Å². The van der Waals surface area contributed by atoms with Crippen molar-refractivity contribution in [3.05, 3.63) is 12.2 Å². The molecule has 3 heteroatoms. The van der Waals surface area contributed by atoms with Crippen molar-refractivity contribution in [1.82, 2.24) is 4.90 Å². The third kappa shape index (κ3) is 2.42. The highest BCUT2D eigenvalue weighted by Crippen LogP contribution is 2.49. The summed E-state index contributed by atoms with van der Waals surface area (Å²) in [6.07, 6.45) is 4.84. The lowest BCUT2D eigenvalue weighted by Crippen LogP contribution is -2.62. The molecule has 0 aromatic heterocycles. The Morgan fingerprint density at radius 1 is 1.20 bits per heavy atom. The van der Waals surface area contributed by atoms with Crippen LogP contribution in [0.3, 0.4) is 0 Å². The fraction of sp³-hybridized carbons (Fsp3) is 0.882. The van der Waals surface area contributed by atoms with Gasteiger partial charge in [-0.2, -0.15) is 0 Å². The Morgan fingerprint density at radius 3 is 2.55 bits per heavy atom. The van der Waals surface area contributed by atoms with E-state index in [1.807, 2.05) is 0 Å². The van der Waals surface area contributed by atoms with Gasteiger partial charge in [0.15, 0.2) is 0 Å². The maximum Gasteiger partial charge on any atom is 0.0621 e. The molecule has 3 fully saturated rings. The Balaban J connectivity index is 1.91. The van der Waals surface area contributed by atoms with Crippen LogP contribution in [0, 0.1) is 11.8 Å². The summed E-state index contributed by atoms with van der Waals surface area (Å²) in [6.45, 7) is 13.9. The molecule has 0 saturated carbocycles. The largest absolute Gasteiger partial charge is 0.392 e. The molecule has 0 amide bonds. The van der Waals surface area contributed by atoms with Gasteiger partial charge in [-0.3, -0.25) is 4.90 Å². The fourth-order valence-electron chi connectivity index (χ4n) is 5.19. The molecule has 0 bridgehead atoms. The molecule has 114 valence electrons. The van der Waals surface area contributed by atoms with E-state index in [4.69, 9.17) is 0 Å². The average molecular weight is 294 g/mol. The van der Waals surface area contributed by atoms with E-state index in [2.05, 4.69) is 38.0 Å². The van der Waals surface area contributed by atoms with Crippen molar-refractivity contribution in [1.29, 1.82) is 0 Å². The quantitative estimate of drug-likeness (QED) is 0.622. The van der Waals surface area contributed by atoms with E-state index in [9.17, 15) is 5.11 Å². The lowest BCUT2D eigenvalue weighted by Gasteiger charge is -2.54. The van der Waals surface area contributed by atoms with Gasteiger partial charge in [0, 0.05) is 26.2 Å². The second-order valence-electron chi connectivity index (χ2n) is 8.75. The van der Waals surface area contributed by atoms with Crippen LogP contribution in [-0.2, 0) is 0 Å². The topological polar surface area (TPSA) is 23.5 Å². The highest BCUT2D eigenvalue weighted by Gasteiger charge is 2.53. The minimum atomic E-state index is -1.15. The molecule has 6 unspecified atom stereocenters. The first kappa shape index (κ1) is 14.8. The molecular weight excluding hydrogens is 262 g/mol. The zero-order valence-corrected chi connectivity index (χ0v) is 14.6. The molecule has 1 N–H and O–H groups in total. The van der Waals surface area contributed by atoms with Crippen molar-refractivity contribution < 1.29 is 5.11 Å². The lowest BCUT2D eigenvalue weighted by atomic mass is 9.74. The highest BCUT2D eigenvalue weighted by molar-refractivity contribution is 6.76. The zero-order valence-electron chi connectivity index (χ0n) is 13.6. The van der Waals surface area contributed by atoms with Crippen molar-refractivity contribution in [2.75, 3.05) is 0 Å². The standard InChI is InChI=1S/C17H31NOSi/c1-11-8-13-6-7-15-12(2)17(19)14(10-20(3,4)5)16(9-11)18(13)15/h12-17,19H,1,6-10H2,2-5H3. The second-order valence-corrected chi connectivity index (χ2v) is 14.3.